The van der Waals surface area contributed by atoms with Crippen molar-refractivity contribution in [2.24, 2.45) is 5.92 Å². The Morgan fingerprint density at radius 3 is 2.80 bits per heavy atom. The largest absolute Gasteiger partial charge is 0.480 e. The number of nitrogens with one attached hydrogen (secondary N) is 1. The van der Waals surface area contributed by atoms with Gasteiger partial charge < -0.3 is 20.1 Å². The summed E-state index contributed by atoms with van der Waals surface area (Å²) in [5.74, 6) is -0.198. The third-order valence-electron chi connectivity index (χ3n) is 4.11. The number of aliphatic carboxylic acids is 1. The molecule has 0 aromatic heterocycles. The summed E-state index contributed by atoms with van der Waals surface area (Å²) in [6.45, 7) is 4.67. The first-order chi connectivity index (χ1) is 9.48. The summed E-state index contributed by atoms with van der Waals surface area (Å²) in [6, 6.07) is 0. The normalized spacial score (nSPS) is 25.1. The molecule has 1 amide bonds. The van der Waals surface area contributed by atoms with Crippen LogP contribution in [0.25, 0.3) is 0 Å². The molecular weight excluding hydrogens is 260 g/mol. The van der Waals surface area contributed by atoms with Gasteiger partial charge in [-0.05, 0) is 45.2 Å². The van der Waals surface area contributed by atoms with Crippen molar-refractivity contribution in [2.75, 3.05) is 32.8 Å². The Morgan fingerprint density at radius 1 is 1.45 bits per heavy atom. The minimum Gasteiger partial charge on any atom is -0.480 e. The van der Waals surface area contributed by atoms with Gasteiger partial charge in [-0.3, -0.25) is 4.79 Å². The van der Waals surface area contributed by atoms with Crippen molar-refractivity contribution in [3.8, 4) is 0 Å². The molecule has 20 heavy (non-hydrogen) atoms. The monoisotopic (exact) mass is 284 g/mol. The lowest BCUT2D eigenvalue weighted by Gasteiger charge is -2.47. The highest BCUT2D eigenvalue weighted by Crippen LogP contribution is 2.26. The van der Waals surface area contributed by atoms with E-state index >= 15 is 0 Å². The van der Waals surface area contributed by atoms with Crippen LogP contribution in [0.15, 0.2) is 0 Å². The van der Waals surface area contributed by atoms with Gasteiger partial charge in [-0.25, -0.2) is 4.79 Å². The first-order valence-electron chi connectivity index (χ1n) is 7.33. The Morgan fingerprint density at radius 2 is 2.20 bits per heavy atom. The summed E-state index contributed by atoms with van der Waals surface area (Å²) in [7, 11) is 0. The second-order valence-electron chi connectivity index (χ2n) is 6.13. The van der Waals surface area contributed by atoms with Crippen LogP contribution in [0.4, 0.5) is 0 Å². The number of carboxylic acid groups (broad SMARTS) is 1. The van der Waals surface area contributed by atoms with Crippen LogP contribution in [0.3, 0.4) is 0 Å². The minimum atomic E-state index is -0.971. The van der Waals surface area contributed by atoms with Crippen LogP contribution in [0.2, 0.25) is 0 Å². The van der Waals surface area contributed by atoms with Crippen LogP contribution in [0.1, 0.15) is 32.6 Å². The zero-order valence-electron chi connectivity index (χ0n) is 12.1. The van der Waals surface area contributed by atoms with Crippen molar-refractivity contribution in [2.45, 2.75) is 38.2 Å². The fraction of sp³-hybridized carbons (Fsp3) is 0.857. The minimum absolute atomic E-state index is 0.159. The lowest BCUT2D eigenvalue weighted by atomic mass is 9.92. The van der Waals surface area contributed by atoms with Crippen LogP contribution in [0.5, 0.6) is 0 Å². The molecule has 0 aromatic rings. The van der Waals surface area contributed by atoms with Gasteiger partial charge in [0.25, 0.3) is 0 Å². The van der Waals surface area contributed by atoms with Gasteiger partial charge in [0.15, 0.2) is 0 Å². The number of carbonyl (C=O) groups is 2. The number of carboxylic acids is 1. The van der Waals surface area contributed by atoms with Gasteiger partial charge in [-0.1, -0.05) is 0 Å². The Hall–Kier alpha value is -1.14. The predicted molar refractivity (Wildman–Crippen MR) is 73.4 cm³/mol. The zero-order chi connectivity index (χ0) is 14.6. The number of ether oxygens (including phenoxy) is 1. The molecule has 0 aliphatic carbocycles. The second-order valence-corrected chi connectivity index (χ2v) is 6.13. The molecule has 114 valence electrons. The van der Waals surface area contributed by atoms with Crippen molar-refractivity contribution < 1.29 is 19.4 Å². The lowest BCUT2D eigenvalue weighted by molar-refractivity contribution is -0.173. The zero-order valence-corrected chi connectivity index (χ0v) is 12.1. The number of piperidine rings is 1. The molecule has 2 N–H and O–H groups in total. The number of carbonyl (C=O) groups excluding carboxylic acids is 1. The van der Waals surface area contributed by atoms with Gasteiger partial charge in [0, 0.05) is 6.42 Å². The first kappa shape index (κ1) is 15.3. The highest BCUT2D eigenvalue weighted by atomic mass is 16.5. The summed E-state index contributed by atoms with van der Waals surface area (Å²) in [5.41, 5.74) is -0.486. The van der Waals surface area contributed by atoms with E-state index in [1.54, 1.807) is 4.90 Å². The SMILES string of the molecule is CC1(OCC(=O)O)CN(C(=O)CCC2CCCNC2)C1. The van der Waals surface area contributed by atoms with E-state index in [-0.39, 0.29) is 12.5 Å². The maximum atomic E-state index is 12.0. The van der Waals surface area contributed by atoms with Crippen LogP contribution >= 0.6 is 0 Å². The molecule has 6 nitrogen and oxygen atoms in total. The molecule has 2 aliphatic heterocycles. The van der Waals surface area contributed by atoms with E-state index in [0.717, 1.165) is 19.5 Å². The van der Waals surface area contributed by atoms with Gasteiger partial charge >= 0.3 is 5.97 Å². The van der Waals surface area contributed by atoms with Crippen molar-refractivity contribution in [3.05, 3.63) is 0 Å². The average molecular weight is 284 g/mol. The summed E-state index contributed by atoms with van der Waals surface area (Å²) < 4.78 is 5.30. The van der Waals surface area contributed by atoms with E-state index in [2.05, 4.69) is 5.32 Å². The van der Waals surface area contributed by atoms with E-state index in [9.17, 15) is 9.59 Å². The van der Waals surface area contributed by atoms with Crippen molar-refractivity contribution in [3.63, 3.8) is 0 Å². The molecule has 2 fully saturated rings. The fourth-order valence-electron chi connectivity index (χ4n) is 2.92. The molecule has 0 spiro atoms. The molecule has 2 rings (SSSR count). The van der Waals surface area contributed by atoms with Gasteiger partial charge in [-0.2, -0.15) is 0 Å². The molecule has 2 aliphatic rings. The summed E-state index contributed by atoms with van der Waals surface area (Å²) in [6.07, 6.45) is 3.93. The number of hydrogen-bond acceptors (Lipinski definition) is 4. The average Bonchev–Trinajstić information content (AvgIpc) is 2.40. The Labute approximate surface area is 119 Å². The summed E-state index contributed by atoms with van der Waals surface area (Å²) in [4.78, 5) is 24.3. The van der Waals surface area contributed by atoms with Gasteiger partial charge in [0.05, 0.1) is 13.1 Å². The Bertz CT molecular complexity index is 360. The molecule has 6 heteroatoms. The van der Waals surface area contributed by atoms with Gasteiger partial charge in [-0.15, -0.1) is 0 Å². The quantitative estimate of drug-likeness (QED) is 0.741. The maximum absolute atomic E-state index is 12.0. The summed E-state index contributed by atoms with van der Waals surface area (Å²) in [5, 5.41) is 11.9. The van der Waals surface area contributed by atoms with E-state index < -0.39 is 11.6 Å². The number of rotatable bonds is 6. The van der Waals surface area contributed by atoms with E-state index in [4.69, 9.17) is 9.84 Å². The predicted octanol–water partition coefficient (Wildman–Crippen LogP) is 0.468. The Balaban J connectivity index is 1.64. The standard InChI is InChI=1S/C14H24N2O4/c1-14(20-8-13(18)19)9-16(10-14)12(17)5-4-11-3-2-6-15-7-11/h11,15H,2-10H2,1H3,(H,18,19). The topological polar surface area (TPSA) is 78.9 Å². The van der Waals surface area contributed by atoms with Crippen LogP contribution in [0, 0.1) is 5.92 Å². The second kappa shape index (κ2) is 6.54. The molecule has 1 atom stereocenters. The first-order valence-corrected chi connectivity index (χ1v) is 7.33. The van der Waals surface area contributed by atoms with E-state index in [1.165, 1.54) is 12.8 Å². The van der Waals surface area contributed by atoms with Gasteiger partial charge in [0.2, 0.25) is 5.91 Å². The maximum Gasteiger partial charge on any atom is 0.329 e. The highest BCUT2D eigenvalue weighted by Gasteiger charge is 2.42. The van der Waals surface area contributed by atoms with Crippen molar-refractivity contribution in [1.82, 2.24) is 10.2 Å². The highest BCUT2D eigenvalue weighted by molar-refractivity contribution is 5.77. The Kier molecular flexibility index (Phi) is 4.99. The van der Waals surface area contributed by atoms with Crippen LogP contribution < -0.4 is 5.32 Å². The smallest absolute Gasteiger partial charge is 0.329 e. The molecular formula is C14H24N2O4. The molecule has 2 saturated heterocycles. The molecule has 1 unspecified atom stereocenters. The molecule has 0 aromatic carbocycles. The number of hydrogen-bond donors (Lipinski definition) is 2. The molecule has 2 heterocycles. The number of nitrogens with zero attached hydrogens (tertiary/aromatic N) is 1. The number of likely N-dealkylation sites (tertiary alicyclic amines) is 1. The van der Waals surface area contributed by atoms with E-state index in [1.807, 2.05) is 6.92 Å². The third kappa shape index (κ3) is 4.18. The van der Waals surface area contributed by atoms with Crippen LogP contribution in [-0.4, -0.2) is 60.3 Å². The van der Waals surface area contributed by atoms with E-state index in [0.29, 0.717) is 25.4 Å². The lowest BCUT2D eigenvalue weighted by Crippen LogP contribution is -2.63. The molecule has 0 bridgehead atoms. The summed E-state index contributed by atoms with van der Waals surface area (Å²) >= 11 is 0. The number of amides is 1. The fourth-order valence-corrected chi connectivity index (χ4v) is 2.92. The van der Waals surface area contributed by atoms with Crippen molar-refractivity contribution in [1.29, 1.82) is 0 Å². The molecule has 0 radical (unpaired) electrons. The van der Waals surface area contributed by atoms with Gasteiger partial charge in [0.1, 0.15) is 12.2 Å². The van der Waals surface area contributed by atoms with Crippen LogP contribution in [-0.2, 0) is 14.3 Å². The van der Waals surface area contributed by atoms with Crippen molar-refractivity contribution >= 4 is 11.9 Å². The third-order valence-corrected chi connectivity index (χ3v) is 4.11. The molecule has 0 saturated carbocycles.